The lowest BCUT2D eigenvalue weighted by Crippen LogP contribution is -2.49. The zero-order chi connectivity index (χ0) is 13.7. The largest absolute Gasteiger partial charge is 0.381 e. The monoisotopic (exact) mass is 263 g/mol. The van der Waals surface area contributed by atoms with Gasteiger partial charge in [0.15, 0.2) is 0 Å². The van der Waals surface area contributed by atoms with Gasteiger partial charge in [-0.05, 0) is 31.9 Å². The molecule has 5 heteroatoms. The molecular weight excluding hydrogens is 242 g/mol. The Kier molecular flexibility index (Phi) is 4.50. The van der Waals surface area contributed by atoms with Gasteiger partial charge < -0.3 is 15.8 Å². The summed E-state index contributed by atoms with van der Waals surface area (Å²) < 4.78 is 5.32. The minimum absolute atomic E-state index is 0.0106. The van der Waals surface area contributed by atoms with Gasteiger partial charge >= 0.3 is 0 Å². The Labute approximate surface area is 113 Å². The Morgan fingerprint density at radius 2 is 2.26 bits per heavy atom. The molecule has 0 spiro atoms. The third-order valence-corrected chi connectivity index (χ3v) is 3.80. The van der Waals surface area contributed by atoms with Crippen LogP contribution in [-0.2, 0) is 9.53 Å². The number of carbonyl (C=O) groups excluding carboxylic acids is 1. The molecule has 0 aliphatic carbocycles. The predicted octanol–water partition coefficient (Wildman–Crippen LogP) is 1.01. The second kappa shape index (κ2) is 6.12. The first-order valence-electron chi connectivity index (χ1n) is 6.68. The van der Waals surface area contributed by atoms with Crippen molar-refractivity contribution in [2.45, 2.75) is 25.8 Å². The molecule has 1 fully saturated rings. The first-order chi connectivity index (χ1) is 9.18. The van der Waals surface area contributed by atoms with Crippen LogP contribution in [0.2, 0.25) is 0 Å². The number of pyridine rings is 1. The summed E-state index contributed by atoms with van der Waals surface area (Å²) in [5.41, 5.74) is 6.19. The van der Waals surface area contributed by atoms with Crippen LogP contribution in [0.4, 0.5) is 0 Å². The smallest absolute Gasteiger partial charge is 0.228 e. The molecule has 1 amide bonds. The molecule has 1 atom stereocenters. The molecule has 1 aliphatic rings. The highest BCUT2D eigenvalue weighted by Crippen LogP contribution is 2.30. The molecule has 0 saturated carbocycles. The van der Waals surface area contributed by atoms with Crippen LogP contribution in [-0.4, -0.2) is 30.6 Å². The maximum atomic E-state index is 12.5. The first kappa shape index (κ1) is 14.0. The Morgan fingerprint density at radius 1 is 1.53 bits per heavy atom. The van der Waals surface area contributed by atoms with Crippen molar-refractivity contribution in [1.82, 2.24) is 10.3 Å². The summed E-state index contributed by atoms with van der Waals surface area (Å²) in [5, 5.41) is 3.02. The fourth-order valence-corrected chi connectivity index (χ4v) is 2.34. The van der Waals surface area contributed by atoms with Crippen LogP contribution in [0.15, 0.2) is 24.4 Å². The van der Waals surface area contributed by atoms with Crippen molar-refractivity contribution in [1.29, 1.82) is 0 Å². The maximum Gasteiger partial charge on any atom is 0.228 e. The van der Waals surface area contributed by atoms with E-state index in [1.807, 2.05) is 25.1 Å². The minimum Gasteiger partial charge on any atom is -0.381 e. The minimum atomic E-state index is -0.485. The molecule has 104 valence electrons. The Bertz CT molecular complexity index is 416. The van der Waals surface area contributed by atoms with Crippen molar-refractivity contribution in [3.63, 3.8) is 0 Å². The van der Waals surface area contributed by atoms with Crippen LogP contribution >= 0.6 is 0 Å². The zero-order valence-electron chi connectivity index (χ0n) is 11.3. The second-order valence-corrected chi connectivity index (χ2v) is 5.05. The zero-order valence-corrected chi connectivity index (χ0v) is 11.3. The van der Waals surface area contributed by atoms with E-state index in [4.69, 9.17) is 10.5 Å². The van der Waals surface area contributed by atoms with Crippen molar-refractivity contribution in [3.8, 4) is 0 Å². The number of amides is 1. The van der Waals surface area contributed by atoms with Gasteiger partial charge in [-0.2, -0.15) is 0 Å². The molecule has 2 rings (SSSR count). The summed E-state index contributed by atoms with van der Waals surface area (Å²) >= 11 is 0. The van der Waals surface area contributed by atoms with Crippen LogP contribution in [0.25, 0.3) is 0 Å². The molecule has 2 heterocycles. The predicted molar refractivity (Wildman–Crippen MR) is 72.3 cm³/mol. The summed E-state index contributed by atoms with van der Waals surface area (Å²) in [4.78, 5) is 16.7. The van der Waals surface area contributed by atoms with Crippen LogP contribution in [0.3, 0.4) is 0 Å². The fourth-order valence-electron chi connectivity index (χ4n) is 2.34. The molecule has 1 saturated heterocycles. The highest BCUT2D eigenvalue weighted by atomic mass is 16.5. The Morgan fingerprint density at radius 3 is 2.84 bits per heavy atom. The van der Waals surface area contributed by atoms with E-state index in [-0.39, 0.29) is 11.9 Å². The van der Waals surface area contributed by atoms with Crippen LogP contribution in [0.1, 0.15) is 31.5 Å². The Hall–Kier alpha value is -1.46. The molecule has 5 nitrogen and oxygen atoms in total. The normalized spacial score (nSPS) is 19.7. The van der Waals surface area contributed by atoms with E-state index in [2.05, 4.69) is 10.3 Å². The molecule has 0 unspecified atom stereocenters. The van der Waals surface area contributed by atoms with E-state index >= 15 is 0 Å². The standard InChI is InChI=1S/C14H21N3O2/c1-11(12-4-2-3-7-16-12)17-13(18)14(10-15)5-8-19-9-6-14/h2-4,7,11H,5-6,8-10,15H2,1H3,(H,17,18)/t11-/m0/s1. The van der Waals surface area contributed by atoms with Crippen molar-refractivity contribution in [2.24, 2.45) is 11.1 Å². The van der Waals surface area contributed by atoms with Crippen LogP contribution in [0.5, 0.6) is 0 Å². The average Bonchev–Trinajstić information content (AvgIpc) is 2.48. The van der Waals surface area contributed by atoms with E-state index in [1.165, 1.54) is 0 Å². The van der Waals surface area contributed by atoms with Gasteiger partial charge in [0.05, 0.1) is 17.2 Å². The van der Waals surface area contributed by atoms with Gasteiger partial charge in [0.1, 0.15) is 0 Å². The maximum absolute atomic E-state index is 12.5. The van der Waals surface area contributed by atoms with Gasteiger partial charge in [0, 0.05) is 26.0 Å². The van der Waals surface area contributed by atoms with E-state index in [0.717, 1.165) is 5.69 Å². The van der Waals surface area contributed by atoms with Gasteiger partial charge in [-0.3, -0.25) is 9.78 Å². The lowest BCUT2D eigenvalue weighted by molar-refractivity contribution is -0.136. The highest BCUT2D eigenvalue weighted by molar-refractivity contribution is 5.83. The summed E-state index contributed by atoms with van der Waals surface area (Å²) in [6, 6.07) is 5.57. The number of nitrogens with one attached hydrogen (secondary N) is 1. The third kappa shape index (κ3) is 3.11. The molecule has 0 aromatic carbocycles. The van der Waals surface area contributed by atoms with Gasteiger partial charge in [0.2, 0.25) is 5.91 Å². The quantitative estimate of drug-likeness (QED) is 0.850. The lowest BCUT2D eigenvalue weighted by atomic mass is 9.79. The number of aromatic nitrogens is 1. The third-order valence-electron chi connectivity index (χ3n) is 3.80. The first-order valence-corrected chi connectivity index (χ1v) is 6.68. The van der Waals surface area contributed by atoms with E-state index in [0.29, 0.717) is 32.6 Å². The van der Waals surface area contributed by atoms with Crippen LogP contribution in [0, 0.1) is 5.41 Å². The fraction of sp³-hybridized carbons (Fsp3) is 0.571. The lowest BCUT2D eigenvalue weighted by Gasteiger charge is -2.35. The summed E-state index contributed by atoms with van der Waals surface area (Å²) in [5.74, 6) is 0.0106. The number of nitrogens with zero attached hydrogens (tertiary/aromatic N) is 1. The van der Waals surface area contributed by atoms with Gasteiger partial charge in [-0.1, -0.05) is 6.07 Å². The van der Waals surface area contributed by atoms with Crippen molar-refractivity contribution in [2.75, 3.05) is 19.8 Å². The second-order valence-electron chi connectivity index (χ2n) is 5.05. The molecule has 0 radical (unpaired) electrons. The molecule has 3 N–H and O–H groups in total. The number of carbonyl (C=O) groups is 1. The Balaban J connectivity index is 2.03. The SMILES string of the molecule is C[C@H](NC(=O)C1(CN)CCOCC1)c1ccccn1. The molecular formula is C14H21N3O2. The van der Waals surface area contributed by atoms with E-state index in [9.17, 15) is 4.79 Å². The summed E-state index contributed by atoms with van der Waals surface area (Å²) in [6.07, 6.45) is 3.10. The van der Waals surface area contributed by atoms with Gasteiger partial charge in [0.25, 0.3) is 0 Å². The number of rotatable bonds is 4. The summed E-state index contributed by atoms with van der Waals surface area (Å²) in [7, 11) is 0. The van der Waals surface area contributed by atoms with Gasteiger partial charge in [-0.15, -0.1) is 0 Å². The van der Waals surface area contributed by atoms with E-state index < -0.39 is 5.41 Å². The number of hydrogen-bond acceptors (Lipinski definition) is 4. The molecule has 1 aliphatic heterocycles. The number of nitrogens with two attached hydrogens (primary N) is 1. The van der Waals surface area contributed by atoms with Gasteiger partial charge in [-0.25, -0.2) is 0 Å². The number of hydrogen-bond donors (Lipinski definition) is 2. The topological polar surface area (TPSA) is 77.2 Å². The molecule has 1 aromatic heterocycles. The van der Waals surface area contributed by atoms with E-state index in [1.54, 1.807) is 6.20 Å². The summed E-state index contributed by atoms with van der Waals surface area (Å²) in [6.45, 7) is 3.49. The molecule has 0 bridgehead atoms. The van der Waals surface area contributed by atoms with Crippen molar-refractivity contribution < 1.29 is 9.53 Å². The average molecular weight is 263 g/mol. The van der Waals surface area contributed by atoms with Crippen LogP contribution < -0.4 is 11.1 Å². The van der Waals surface area contributed by atoms with Crippen molar-refractivity contribution >= 4 is 5.91 Å². The van der Waals surface area contributed by atoms with Crippen molar-refractivity contribution in [3.05, 3.63) is 30.1 Å². The molecule has 19 heavy (non-hydrogen) atoms. The highest BCUT2D eigenvalue weighted by Gasteiger charge is 2.39. The molecule has 1 aromatic rings. The number of ether oxygens (including phenoxy) is 1.